The molecule has 0 aliphatic rings. The first-order valence-electron chi connectivity index (χ1n) is 5.15. The lowest BCUT2D eigenvalue weighted by Crippen LogP contribution is -2.36. The molecule has 0 saturated heterocycles. The Hall–Kier alpha value is -1.24. The minimum Gasteiger partial charge on any atom is -0.494 e. The third kappa shape index (κ3) is 4.26. The largest absolute Gasteiger partial charge is 0.513 e. The Labute approximate surface area is 96.6 Å². The highest BCUT2D eigenvalue weighted by Gasteiger charge is 2.29. The maximum Gasteiger partial charge on any atom is 0.513 e. The van der Waals surface area contributed by atoms with Gasteiger partial charge < -0.3 is 22.4 Å². The van der Waals surface area contributed by atoms with Gasteiger partial charge in [0.25, 0.3) is 0 Å². The molecule has 0 unspecified atom stereocenters. The maximum atomic E-state index is 12.8. The third-order valence-electron chi connectivity index (χ3n) is 2.01. The van der Waals surface area contributed by atoms with Gasteiger partial charge in [0.05, 0.1) is 12.4 Å². The molecular formula is C10H12BF4O2-. The van der Waals surface area contributed by atoms with Crippen molar-refractivity contribution in [3.05, 3.63) is 24.0 Å². The molecule has 0 aliphatic heterocycles. The van der Waals surface area contributed by atoms with Gasteiger partial charge in [-0.2, -0.15) is 0 Å². The van der Waals surface area contributed by atoms with Crippen LogP contribution in [0.2, 0.25) is 0 Å². The van der Waals surface area contributed by atoms with E-state index < -0.39 is 18.3 Å². The summed E-state index contributed by atoms with van der Waals surface area (Å²) in [4.78, 5) is 0. The van der Waals surface area contributed by atoms with Crippen molar-refractivity contribution in [2.45, 2.75) is 6.92 Å². The monoisotopic (exact) mass is 251 g/mol. The van der Waals surface area contributed by atoms with Crippen molar-refractivity contribution in [3.8, 4) is 5.75 Å². The third-order valence-corrected chi connectivity index (χ3v) is 2.01. The second-order valence-electron chi connectivity index (χ2n) is 3.30. The number of rotatable bonds is 6. The first-order valence-corrected chi connectivity index (χ1v) is 5.15. The Morgan fingerprint density at radius 2 is 1.88 bits per heavy atom. The number of halogens is 4. The Kier molecular flexibility index (Phi) is 4.80. The van der Waals surface area contributed by atoms with Gasteiger partial charge in [-0.05, 0) is 25.1 Å². The Morgan fingerprint density at radius 3 is 2.47 bits per heavy atom. The molecule has 0 saturated carbocycles. The Balaban J connectivity index is 2.77. The molecule has 2 nitrogen and oxygen atoms in total. The molecule has 1 rings (SSSR count). The summed E-state index contributed by atoms with van der Waals surface area (Å²) in [5.74, 6) is -1.30. The van der Waals surface area contributed by atoms with Crippen LogP contribution in [0, 0.1) is 5.82 Å². The molecule has 7 heteroatoms. The average Bonchev–Trinajstić information content (AvgIpc) is 2.25. The predicted molar refractivity (Wildman–Crippen MR) is 57.1 cm³/mol. The molecular weight excluding hydrogens is 239 g/mol. The lowest BCUT2D eigenvalue weighted by molar-refractivity contribution is 0.110. The molecule has 96 valence electrons. The van der Waals surface area contributed by atoms with Crippen LogP contribution in [0.1, 0.15) is 6.92 Å². The molecule has 0 aromatic heterocycles. The fraction of sp³-hybridized carbons (Fsp3) is 0.400. The highest BCUT2D eigenvalue weighted by Crippen LogP contribution is 2.18. The minimum absolute atomic E-state index is 0.00136. The zero-order valence-corrected chi connectivity index (χ0v) is 9.26. The predicted octanol–water partition coefficient (Wildman–Crippen LogP) is 2.30. The molecule has 0 radical (unpaired) electrons. The standard InChI is InChI=1S/C10H12BF4O2/c1-2-16-5-6-17-10-4-3-8(12)7-9(10)11(13,14)15/h3-4,7H,2,5-6H2,1H3/q-1. The van der Waals surface area contributed by atoms with Crippen LogP contribution in [0.15, 0.2) is 18.2 Å². The number of hydrogen-bond acceptors (Lipinski definition) is 2. The van der Waals surface area contributed by atoms with Crippen LogP contribution in [-0.2, 0) is 4.74 Å². The van der Waals surface area contributed by atoms with Crippen molar-refractivity contribution < 1.29 is 26.8 Å². The fourth-order valence-corrected chi connectivity index (χ4v) is 1.26. The van der Waals surface area contributed by atoms with E-state index in [4.69, 9.17) is 9.47 Å². The summed E-state index contributed by atoms with van der Waals surface area (Å²) in [6.45, 7) is -2.87. The summed E-state index contributed by atoms with van der Waals surface area (Å²) in [7, 11) is 0. The van der Waals surface area contributed by atoms with E-state index >= 15 is 0 Å². The summed E-state index contributed by atoms with van der Waals surface area (Å²) < 4.78 is 60.4. The highest BCUT2D eigenvalue weighted by atomic mass is 19.4. The van der Waals surface area contributed by atoms with Gasteiger partial charge in [-0.15, -0.1) is 0 Å². The van der Waals surface area contributed by atoms with E-state index in [1.165, 1.54) is 0 Å². The van der Waals surface area contributed by atoms with Gasteiger partial charge in [0.2, 0.25) is 0 Å². The molecule has 0 bridgehead atoms. The minimum atomic E-state index is -5.29. The SMILES string of the molecule is CCOCCOc1ccc(F)cc1[B-](F)(F)F. The molecule has 1 aromatic carbocycles. The summed E-state index contributed by atoms with van der Waals surface area (Å²) in [6, 6.07) is 2.35. The summed E-state index contributed by atoms with van der Waals surface area (Å²) in [6.07, 6.45) is 0. The quantitative estimate of drug-likeness (QED) is 0.438. The lowest BCUT2D eigenvalue weighted by Gasteiger charge is -2.19. The van der Waals surface area contributed by atoms with E-state index in [1.807, 2.05) is 0 Å². The van der Waals surface area contributed by atoms with Gasteiger partial charge in [0, 0.05) is 6.61 Å². The zero-order chi connectivity index (χ0) is 12.9. The average molecular weight is 251 g/mol. The number of hydrogen-bond donors (Lipinski definition) is 0. The van der Waals surface area contributed by atoms with Gasteiger partial charge >= 0.3 is 6.98 Å². The normalized spacial score (nSPS) is 11.6. The van der Waals surface area contributed by atoms with Crippen LogP contribution in [0.4, 0.5) is 17.3 Å². The molecule has 0 atom stereocenters. The lowest BCUT2D eigenvalue weighted by atomic mass is 9.79. The van der Waals surface area contributed by atoms with Crippen LogP contribution in [0.5, 0.6) is 5.75 Å². The van der Waals surface area contributed by atoms with Crippen molar-refractivity contribution in [2.75, 3.05) is 19.8 Å². The molecule has 17 heavy (non-hydrogen) atoms. The molecule has 1 aromatic rings. The van der Waals surface area contributed by atoms with Crippen molar-refractivity contribution in [1.29, 1.82) is 0 Å². The molecule has 0 spiro atoms. The van der Waals surface area contributed by atoms with Crippen LogP contribution < -0.4 is 10.2 Å². The first-order chi connectivity index (χ1) is 7.95. The van der Waals surface area contributed by atoms with Crippen molar-refractivity contribution in [1.82, 2.24) is 0 Å². The summed E-state index contributed by atoms with van der Waals surface area (Å²) in [5.41, 5.74) is -1.05. The van der Waals surface area contributed by atoms with Crippen molar-refractivity contribution >= 4 is 12.4 Å². The number of benzene rings is 1. The van der Waals surface area contributed by atoms with Crippen LogP contribution in [0.25, 0.3) is 0 Å². The Morgan fingerprint density at radius 1 is 1.18 bits per heavy atom. The van der Waals surface area contributed by atoms with Crippen LogP contribution >= 0.6 is 0 Å². The smallest absolute Gasteiger partial charge is 0.494 e. The second-order valence-corrected chi connectivity index (χ2v) is 3.30. The molecule has 0 amide bonds. The number of ether oxygens (including phenoxy) is 2. The molecule has 0 heterocycles. The zero-order valence-electron chi connectivity index (χ0n) is 9.26. The second kappa shape index (κ2) is 5.91. The van der Waals surface area contributed by atoms with E-state index in [-0.39, 0.29) is 19.0 Å². The van der Waals surface area contributed by atoms with E-state index in [0.29, 0.717) is 12.7 Å². The Bertz CT molecular complexity index is 368. The topological polar surface area (TPSA) is 18.5 Å². The highest BCUT2D eigenvalue weighted by molar-refractivity contribution is 6.74. The van der Waals surface area contributed by atoms with Gasteiger partial charge in [-0.1, -0.05) is 5.46 Å². The van der Waals surface area contributed by atoms with Crippen LogP contribution in [-0.4, -0.2) is 26.8 Å². The summed E-state index contributed by atoms with van der Waals surface area (Å²) in [5, 5.41) is 0. The van der Waals surface area contributed by atoms with Gasteiger partial charge in [0.15, 0.2) is 0 Å². The molecule has 0 N–H and O–H groups in total. The van der Waals surface area contributed by atoms with E-state index in [9.17, 15) is 17.3 Å². The van der Waals surface area contributed by atoms with E-state index in [0.717, 1.165) is 12.1 Å². The van der Waals surface area contributed by atoms with Gasteiger partial charge in [-0.3, -0.25) is 0 Å². The fourth-order valence-electron chi connectivity index (χ4n) is 1.26. The van der Waals surface area contributed by atoms with E-state index in [2.05, 4.69) is 0 Å². The van der Waals surface area contributed by atoms with Gasteiger partial charge in [0.1, 0.15) is 12.4 Å². The van der Waals surface area contributed by atoms with Crippen molar-refractivity contribution in [3.63, 3.8) is 0 Å². The first kappa shape index (κ1) is 13.8. The van der Waals surface area contributed by atoms with E-state index in [1.54, 1.807) is 6.92 Å². The van der Waals surface area contributed by atoms with Crippen LogP contribution in [0.3, 0.4) is 0 Å². The molecule has 0 fully saturated rings. The molecule has 0 aliphatic carbocycles. The maximum absolute atomic E-state index is 12.8. The summed E-state index contributed by atoms with van der Waals surface area (Å²) >= 11 is 0. The van der Waals surface area contributed by atoms with Crippen molar-refractivity contribution in [2.24, 2.45) is 0 Å². The van der Waals surface area contributed by atoms with Gasteiger partial charge in [-0.25, -0.2) is 4.39 Å².